The second-order valence-electron chi connectivity index (χ2n) is 8.02. The van der Waals surface area contributed by atoms with Gasteiger partial charge in [-0.1, -0.05) is 33.1 Å². The molecule has 0 aliphatic rings. The maximum absolute atomic E-state index is 12.6. The SMILES string of the molecule is CCCCC(=O)N(CCCCCCNC(=O)CC)CCC(=O)Nc1c(O)c(O)c(O)c(O)c1O. The quantitative estimate of drug-likeness (QED) is 0.113. The number of carbonyl (C=O) groups excluding carboxylic acids is 3. The lowest BCUT2D eigenvalue weighted by molar-refractivity contribution is -0.132. The average Bonchev–Trinajstić information content (AvgIpc) is 2.83. The standard InChI is InChI=1S/C23H37N3O8/c1-3-5-10-17(29)26(13-9-7-6-8-12-24-15(27)4-2)14-11-16(28)25-18-19(30)21(32)23(34)22(33)20(18)31/h30-34H,3-14H2,1-2H3,(H,24,27)(H,25,28). The monoisotopic (exact) mass is 483 g/mol. The Kier molecular flexibility index (Phi) is 12.4. The average molecular weight is 484 g/mol. The van der Waals surface area contributed by atoms with Gasteiger partial charge in [0.1, 0.15) is 5.69 Å². The van der Waals surface area contributed by atoms with Gasteiger partial charge in [0.05, 0.1) is 0 Å². The number of nitrogens with one attached hydrogen (secondary N) is 2. The molecule has 34 heavy (non-hydrogen) atoms. The van der Waals surface area contributed by atoms with Crippen LogP contribution >= 0.6 is 0 Å². The number of nitrogens with zero attached hydrogens (tertiary/aromatic N) is 1. The number of hydrogen-bond acceptors (Lipinski definition) is 8. The van der Waals surface area contributed by atoms with Crippen LogP contribution in [0.2, 0.25) is 0 Å². The Morgan fingerprint density at radius 3 is 1.88 bits per heavy atom. The molecule has 0 atom stereocenters. The van der Waals surface area contributed by atoms with E-state index >= 15 is 0 Å². The fraction of sp³-hybridized carbons (Fsp3) is 0.609. The lowest BCUT2D eigenvalue weighted by Crippen LogP contribution is -2.34. The van der Waals surface area contributed by atoms with E-state index in [-0.39, 0.29) is 24.8 Å². The molecule has 0 fully saturated rings. The van der Waals surface area contributed by atoms with E-state index in [2.05, 4.69) is 10.6 Å². The molecule has 7 N–H and O–H groups in total. The molecular formula is C23H37N3O8. The molecule has 0 aliphatic heterocycles. The first-order valence-electron chi connectivity index (χ1n) is 11.7. The molecule has 0 radical (unpaired) electrons. The van der Waals surface area contributed by atoms with Crippen molar-refractivity contribution in [3.63, 3.8) is 0 Å². The van der Waals surface area contributed by atoms with Crippen LogP contribution < -0.4 is 10.6 Å². The van der Waals surface area contributed by atoms with Gasteiger partial charge in [-0.3, -0.25) is 14.4 Å². The molecule has 11 nitrogen and oxygen atoms in total. The van der Waals surface area contributed by atoms with Crippen LogP contribution in [0.5, 0.6) is 28.7 Å². The van der Waals surface area contributed by atoms with Crippen LogP contribution in [0.1, 0.15) is 71.6 Å². The predicted octanol–water partition coefficient (Wildman–Crippen LogP) is 2.65. The zero-order valence-corrected chi connectivity index (χ0v) is 19.9. The first-order valence-corrected chi connectivity index (χ1v) is 11.7. The highest BCUT2D eigenvalue weighted by molar-refractivity contribution is 5.96. The van der Waals surface area contributed by atoms with Crippen molar-refractivity contribution in [3.8, 4) is 28.7 Å². The van der Waals surface area contributed by atoms with Crippen molar-refractivity contribution in [2.24, 2.45) is 0 Å². The molecule has 0 spiro atoms. The maximum atomic E-state index is 12.6. The van der Waals surface area contributed by atoms with E-state index in [4.69, 9.17) is 0 Å². The van der Waals surface area contributed by atoms with Crippen molar-refractivity contribution in [2.45, 2.75) is 71.6 Å². The fourth-order valence-corrected chi connectivity index (χ4v) is 3.22. The number of benzene rings is 1. The lowest BCUT2D eigenvalue weighted by Gasteiger charge is -2.23. The molecule has 0 saturated carbocycles. The van der Waals surface area contributed by atoms with Crippen LogP contribution in [0, 0.1) is 0 Å². The van der Waals surface area contributed by atoms with E-state index in [1.54, 1.807) is 11.8 Å². The Morgan fingerprint density at radius 1 is 0.706 bits per heavy atom. The highest BCUT2D eigenvalue weighted by Crippen LogP contribution is 2.53. The van der Waals surface area contributed by atoms with Gasteiger partial charge in [-0.15, -0.1) is 0 Å². The minimum absolute atomic E-state index is 0.0188. The number of phenolic OH excluding ortho intramolecular Hbond substituents is 5. The molecule has 0 heterocycles. The third-order valence-electron chi connectivity index (χ3n) is 5.34. The Morgan fingerprint density at radius 2 is 1.29 bits per heavy atom. The highest BCUT2D eigenvalue weighted by atomic mass is 16.4. The third kappa shape index (κ3) is 8.87. The first-order chi connectivity index (χ1) is 16.1. The highest BCUT2D eigenvalue weighted by Gasteiger charge is 2.24. The smallest absolute Gasteiger partial charge is 0.226 e. The van der Waals surface area contributed by atoms with Gasteiger partial charge in [-0.2, -0.15) is 0 Å². The van der Waals surface area contributed by atoms with Crippen LogP contribution in [-0.4, -0.2) is 67.8 Å². The summed E-state index contributed by atoms with van der Waals surface area (Å²) in [7, 11) is 0. The molecule has 1 rings (SSSR count). The summed E-state index contributed by atoms with van der Waals surface area (Å²) >= 11 is 0. The zero-order valence-electron chi connectivity index (χ0n) is 19.9. The number of phenols is 5. The minimum atomic E-state index is -1.12. The Labute approximate surface area is 199 Å². The second-order valence-corrected chi connectivity index (χ2v) is 8.02. The van der Waals surface area contributed by atoms with Crippen LogP contribution in [0.3, 0.4) is 0 Å². The van der Waals surface area contributed by atoms with Gasteiger partial charge in [0.25, 0.3) is 0 Å². The summed E-state index contributed by atoms with van der Waals surface area (Å²) in [6.45, 7) is 4.97. The van der Waals surface area contributed by atoms with Crippen LogP contribution in [0.25, 0.3) is 0 Å². The summed E-state index contributed by atoms with van der Waals surface area (Å²) < 4.78 is 0. The molecule has 11 heteroatoms. The summed E-state index contributed by atoms with van der Waals surface area (Å²) in [4.78, 5) is 37.7. The summed E-state index contributed by atoms with van der Waals surface area (Å²) in [5.41, 5.74) is -0.642. The first kappa shape index (κ1) is 28.7. The number of carbonyl (C=O) groups is 3. The largest absolute Gasteiger partial charge is 0.503 e. The molecule has 0 aromatic heterocycles. The maximum Gasteiger partial charge on any atom is 0.226 e. The van der Waals surface area contributed by atoms with Gasteiger partial charge in [-0.25, -0.2) is 0 Å². The number of aromatic hydroxyl groups is 5. The number of hydrogen-bond donors (Lipinski definition) is 7. The van der Waals surface area contributed by atoms with Crippen LogP contribution in [0.4, 0.5) is 5.69 Å². The van der Waals surface area contributed by atoms with Crippen molar-refractivity contribution in [3.05, 3.63) is 0 Å². The van der Waals surface area contributed by atoms with Crippen LogP contribution in [-0.2, 0) is 14.4 Å². The van der Waals surface area contributed by atoms with Gasteiger partial charge in [-0.05, 0) is 19.3 Å². The summed E-state index contributed by atoms with van der Waals surface area (Å²) in [6.07, 6.45) is 5.59. The summed E-state index contributed by atoms with van der Waals surface area (Å²) in [6, 6.07) is 0. The van der Waals surface area contributed by atoms with Crippen molar-refractivity contribution >= 4 is 23.4 Å². The molecule has 1 aromatic rings. The number of unbranched alkanes of at least 4 members (excludes halogenated alkanes) is 4. The van der Waals surface area contributed by atoms with Gasteiger partial charge < -0.3 is 41.1 Å². The van der Waals surface area contributed by atoms with Gasteiger partial charge in [0.15, 0.2) is 11.5 Å². The van der Waals surface area contributed by atoms with Gasteiger partial charge >= 0.3 is 0 Å². The second kappa shape index (κ2) is 14.7. The normalized spacial score (nSPS) is 10.6. The van der Waals surface area contributed by atoms with E-state index in [1.165, 1.54) is 0 Å². The van der Waals surface area contributed by atoms with Gasteiger partial charge in [0.2, 0.25) is 35.0 Å². The van der Waals surface area contributed by atoms with E-state index in [0.717, 1.165) is 38.5 Å². The Balaban J connectivity index is 2.62. The third-order valence-corrected chi connectivity index (χ3v) is 5.34. The van der Waals surface area contributed by atoms with Crippen molar-refractivity contribution in [1.29, 1.82) is 0 Å². The summed E-state index contributed by atoms with van der Waals surface area (Å²) in [5, 5.41) is 53.3. The van der Waals surface area contributed by atoms with E-state index < -0.39 is 40.3 Å². The van der Waals surface area contributed by atoms with Crippen molar-refractivity contribution in [1.82, 2.24) is 10.2 Å². The molecule has 0 bridgehead atoms. The molecule has 0 saturated heterocycles. The summed E-state index contributed by atoms with van der Waals surface area (Å²) in [5.74, 6) is -6.00. The molecule has 1 aromatic carbocycles. The molecule has 3 amide bonds. The van der Waals surface area contributed by atoms with E-state index in [1.807, 2.05) is 6.92 Å². The molecule has 0 aliphatic carbocycles. The van der Waals surface area contributed by atoms with E-state index in [9.17, 15) is 39.9 Å². The topological polar surface area (TPSA) is 180 Å². The lowest BCUT2D eigenvalue weighted by atomic mass is 10.1. The Hall–Kier alpha value is -3.37. The van der Waals surface area contributed by atoms with E-state index in [0.29, 0.717) is 25.9 Å². The number of amides is 3. The Bertz CT molecular complexity index is 815. The number of anilines is 1. The number of rotatable bonds is 15. The fourth-order valence-electron chi connectivity index (χ4n) is 3.22. The minimum Gasteiger partial charge on any atom is -0.503 e. The van der Waals surface area contributed by atoms with Crippen molar-refractivity contribution in [2.75, 3.05) is 25.0 Å². The molecule has 192 valence electrons. The van der Waals surface area contributed by atoms with Crippen molar-refractivity contribution < 1.29 is 39.9 Å². The predicted molar refractivity (Wildman–Crippen MR) is 126 cm³/mol. The molecule has 0 unspecified atom stereocenters. The zero-order chi connectivity index (χ0) is 25.7. The van der Waals surface area contributed by atoms with Crippen LogP contribution in [0.15, 0.2) is 0 Å². The molecular weight excluding hydrogens is 446 g/mol. The van der Waals surface area contributed by atoms with Gasteiger partial charge in [0, 0.05) is 38.9 Å².